The van der Waals surface area contributed by atoms with Crippen LogP contribution in [0.3, 0.4) is 0 Å². The minimum Gasteiger partial charge on any atom is -0.368 e. The molecular formula is C22H21F2N5O2. The highest BCUT2D eigenvalue weighted by molar-refractivity contribution is 5.95. The van der Waals surface area contributed by atoms with E-state index < -0.39 is 11.8 Å². The number of hydrogen-bond donors (Lipinski definition) is 0. The number of halogens is 2. The van der Waals surface area contributed by atoms with Gasteiger partial charge in [0.25, 0.3) is 5.91 Å². The highest BCUT2D eigenvalue weighted by Crippen LogP contribution is 2.30. The van der Waals surface area contributed by atoms with Gasteiger partial charge in [0, 0.05) is 55.4 Å². The molecule has 1 fully saturated rings. The van der Waals surface area contributed by atoms with E-state index in [9.17, 15) is 13.6 Å². The Kier molecular flexibility index (Phi) is 5.75. The lowest BCUT2D eigenvalue weighted by Crippen LogP contribution is -2.48. The van der Waals surface area contributed by atoms with E-state index in [1.54, 1.807) is 41.6 Å². The minimum atomic E-state index is -3.35. The zero-order valence-corrected chi connectivity index (χ0v) is 16.9. The van der Waals surface area contributed by atoms with Gasteiger partial charge in [0.15, 0.2) is 0 Å². The molecule has 0 spiro atoms. The van der Waals surface area contributed by atoms with E-state index in [1.165, 1.54) is 13.0 Å². The number of anilines is 1. The fourth-order valence-corrected chi connectivity index (χ4v) is 3.45. The van der Waals surface area contributed by atoms with Gasteiger partial charge in [0.05, 0.1) is 0 Å². The lowest BCUT2D eigenvalue weighted by molar-refractivity contribution is 0.0158. The summed E-state index contributed by atoms with van der Waals surface area (Å²) >= 11 is 0. The molecule has 0 unspecified atom stereocenters. The van der Waals surface area contributed by atoms with Crippen LogP contribution in [0.4, 0.5) is 14.5 Å². The number of amides is 1. The molecule has 0 radical (unpaired) electrons. The number of nitrogens with zero attached hydrogens (tertiary/aromatic N) is 5. The number of carbonyl (C=O) groups excluding carboxylic acids is 1. The summed E-state index contributed by atoms with van der Waals surface area (Å²) in [5, 5.41) is 3.65. The van der Waals surface area contributed by atoms with E-state index in [-0.39, 0.29) is 11.7 Å². The van der Waals surface area contributed by atoms with Crippen LogP contribution in [-0.4, -0.2) is 52.1 Å². The molecule has 0 atom stereocenters. The lowest BCUT2D eigenvalue weighted by atomic mass is 10.1. The third-order valence-corrected chi connectivity index (χ3v) is 5.05. The number of rotatable bonds is 5. The number of pyridine rings is 1. The van der Waals surface area contributed by atoms with E-state index in [0.29, 0.717) is 43.4 Å². The third-order valence-electron chi connectivity index (χ3n) is 5.05. The van der Waals surface area contributed by atoms with Crippen LogP contribution in [0.5, 0.6) is 0 Å². The second kappa shape index (κ2) is 8.63. The molecule has 9 heteroatoms. The number of aromatic nitrogens is 3. The number of benzene rings is 1. The zero-order chi connectivity index (χ0) is 21.8. The van der Waals surface area contributed by atoms with Crippen molar-refractivity contribution in [3.05, 3.63) is 72.4 Å². The molecule has 4 rings (SSSR count). The molecule has 2 aromatic heterocycles. The summed E-state index contributed by atoms with van der Waals surface area (Å²) in [4.78, 5) is 24.8. The van der Waals surface area contributed by atoms with Crippen molar-refractivity contribution >= 4 is 11.6 Å². The van der Waals surface area contributed by atoms with Crippen LogP contribution in [0, 0.1) is 0 Å². The molecule has 1 aliphatic heterocycles. The maximum Gasteiger partial charge on any atom is 0.343 e. The summed E-state index contributed by atoms with van der Waals surface area (Å²) in [5.74, 6) is -4.25. The summed E-state index contributed by atoms with van der Waals surface area (Å²) in [6, 6.07) is 10.5. The largest absolute Gasteiger partial charge is 0.368 e. The fraction of sp³-hybridized carbons (Fsp3) is 0.273. The molecule has 1 amide bonds. The molecule has 0 bridgehead atoms. The van der Waals surface area contributed by atoms with E-state index in [4.69, 9.17) is 4.52 Å². The van der Waals surface area contributed by atoms with E-state index >= 15 is 0 Å². The highest BCUT2D eigenvalue weighted by Gasteiger charge is 2.35. The van der Waals surface area contributed by atoms with Gasteiger partial charge in [-0.1, -0.05) is 23.4 Å². The van der Waals surface area contributed by atoms with Gasteiger partial charge in [0.2, 0.25) is 5.82 Å². The second-order valence-corrected chi connectivity index (χ2v) is 7.11. The van der Waals surface area contributed by atoms with Crippen molar-refractivity contribution in [2.45, 2.75) is 12.8 Å². The molecule has 1 saturated heterocycles. The maximum absolute atomic E-state index is 13.9. The van der Waals surface area contributed by atoms with Gasteiger partial charge in [-0.15, -0.1) is 0 Å². The van der Waals surface area contributed by atoms with Crippen molar-refractivity contribution in [2.75, 3.05) is 31.1 Å². The molecule has 1 aliphatic rings. The Balaban J connectivity index is 1.46. The number of piperazine rings is 1. The average molecular weight is 425 g/mol. The van der Waals surface area contributed by atoms with Gasteiger partial charge < -0.3 is 14.3 Å². The fourth-order valence-electron chi connectivity index (χ4n) is 3.45. The predicted octanol–water partition coefficient (Wildman–Crippen LogP) is 3.76. The molecule has 31 heavy (non-hydrogen) atoms. The van der Waals surface area contributed by atoms with Crippen LogP contribution in [0.1, 0.15) is 23.2 Å². The van der Waals surface area contributed by atoms with Gasteiger partial charge in [-0.3, -0.25) is 9.78 Å². The third kappa shape index (κ3) is 4.45. The van der Waals surface area contributed by atoms with E-state index in [0.717, 1.165) is 5.69 Å². The smallest absolute Gasteiger partial charge is 0.343 e. The Morgan fingerprint density at radius 2 is 1.87 bits per heavy atom. The predicted molar refractivity (Wildman–Crippen MR) is 111 cm³/mol. The van der Waals surface area contributed by atoms with Gasteiger partial charge in [0.1, 0.15) is 0 Å². The van der Waals surface area contributed by atoms with Crippen molar-refractivity contribution < 1.29 is 18.1 Å². The first kappa shape index (κ1) is 20.6. The zero-order valence-electron chi connectivity index (χ0n) is 16.9. The average Bonchev–Trinajstić information content (AvgIpc) is 3.31. The monoisotopic (exact) mass is 425 g/mol. The molecule has 7 nitrogen and oxygen atoms in total. The highest BCUT2D eigenvalue weighted by atomic mass is 19.3. The molecular weight excluding hydrogens is 404 g/mol. The van der Waals surface area contributed by atoms with Crippen LogP contribution in [0.2, 0.25) is 0 Å². The molecule has 1 aromatic carbocycles. The van der Waals surface area contributed by atoms with Crippen LogP contribution < -0.4 is 4.90 Å². The van der Waals surface area contributed by atoms with Crippen molar-refractivity contribution in [3.63, 3.8) is 0 Å². The van der Waals surface area contributed by atoms with Crippen LogP contribution in [-0.2, 0) is 5.92 Å². The van der Waals surface area contributed by atoms with E-state index in [1.807, 2.05) is 12.1 Å². The van der Waals surface area contributed by atoms with Crippen molar-refractivity contribution in [1.29, 1.82) is 0 Å². The Hall–Kier alpha value is -3.62. The quantitative estimate of drug-likeness (QED) is 0.580. The standard InChI is InChI=1S/C22H21F2N5O2/c1-2-8-22(23,24)21-26-19(27-31-21)16-4-3-5-17(15-16)20(30)29-13-11-28(12-14-29)18-6-9-25-10-7-18/h2-10,15H,11-14H2,1H3/b8-2+. The normalized spacial score (nSPS) is 14.9. The minimum absolute atomic E-state index is 0.0105. The summed E-state index contributed by atoms with van der Waals surface area (Å²) in [5.41, 5.74) is 1.96. The van der Waals surface area contributed by atoms with Crippen molar-refractivity contribution in [2.24, 2.45) is 0 Å². The molecule has 0 aliphatic carbocycles. The number of hydrogen-bond acceptors (Lipinski definition) is 6. The van der Waals surface area contributed by atoms with Gasteiger partial charge >= 0.3 is 11.8 Å². The Bertz CT molecular complexity index is 1080. The van der Waals surface area contributed by atoms with Crippen LogP contribution in [0.25, 0.3) is 11.4 Å². The van der Waals surface area contributed by atoms with Crippen molar-refractivity contribution in [1.82, 2.24) is 20.0 Å². The summed E-state index contributed by atoms with van der Waals surface area (Å²) in [7, 11) is 0. The first-order chi connectivity index (χ1) is 15.0. The lowest BCUT2D eigenvalue weighted by Gasteiger charge is -2.36. The Morgan fingerprint density at radius 3 is 2.58 bits per heavy atom. The number of allylic oxidation sites excluding steroid dienone is 2. The molecule has 160 valence electrons. The van der Waals surface area contributed by atoms with Crippen molar-refractivity contribution in [3.8, 4) is 11.4 Å². The van der Waals surface area contributed by atoms with Gasteiger partial charge in [-0.25, -0.2) is 0 Å². The summed E-state index contributed by atoms with van der Waals surface area (Å²) in [6.07, 6.45) is 5.40. The van der Waals surface area contributed by atoms with Crippen LogP contribution >= 0.6 is 0 Å². The Morgan fingerprint density at radius 1 is 1.13 bits per heavy atom. The van der Waals surface area contributed by atoms with Crippen LogP contribution in [0.15, 0.2) is 65.5 Å². The van der Waals surface area contributed by atoms with E-state index in [2.05, 4.69) is 20.0 Å². The maximum atomic E-state index is 13.9. The first-order valence-electron chi connectivity index (χ1n) is 9.88. The number of alkyl halides is 2. The topological polar surface area (TPSA) is 75.4 Å². The molecule has 3 aromatic rings. The molecule has 0 N–H and O–H groups in total. The Labute approximate surface area is 178 Å². The SMILES string of the molecule is C/C=C/C(F)(F)c1nc(-c2cccc(C(=O)N3CCN(c4ccncc4)CC3)c2)no1. The first-order valence-corrected chi connectivity index (χ1v) is 9.88. The summed E-state index contributed by atoms with van der Waals surface area (Å²) in [6.45, 7) is 4.06. The summed E-state index contributed by atoms with van der Waals surface area (Å²) < 4.78 is 32.6. The molecule has 0 saturated carbocycles. The van der Waals surface area contributed by atoms with Gasteiger partial charge in [-0.2, -0.15) is 13.8 Å². The second-order valence-electron chi connectivity index (χ2n) is 7.11. The van der Waals surface area contributed by atoms with Gasteiger partial charge in [-0.05, 0) is 37.3 Å². The molecule has 3 heterocycles. The number of carbonyl (C=O) groups is 1.